The number of nitrogens with one attached hydrogen (secondary N) is 1. The third-order valence-electron chi connectivity index (χ3n) is 2.69. The number of hydrogen-bond acceptors (Lipinski definition) is 2. The zero-order chi connectivity index (χ0) is 14.5. The molecule has 3 nitrogen and oxygen atoms in total. The van der Waals surface area contributed by atoms with E-state index in [1.165, 1.54) is 12.1 Å². The SMILES string of the molecule is CCCNC(CC(N)=O)c1ccc(C(F)(F)F)cc1. The Morgan fingerprint density at radius 1 is 1.32 bits per heavy atom. The molecule has 0 heterocycles. The van der Waals surface area contributed by atoms with E-state index >= 15 is 0 Å². The van der Waals surface area contributed by atoms with Crippen LogP contribution in [-0.4, -0.2) is 12.5 Å². The van der Waals surface area contributed by atoms with E-state index in [0.717, 1.165) is 18.6 Å². The molecule has 1 unspecified atom stereocenters. The minimum atomic E-state index is -4.35. The molecule has 3 N–H and O–H groups in total. The van der Waals surface area contributed by atoms with E-state index in [-0.39, 0.29) is 12.5 Å². The highest BCUT2D eigenvalue weighted by atomic mass is 19.4. The molecular formula is C13H17F3N2O. The average Bonchev–Trinajstić information content (AvgIpc) is 2.33. The highest BCUT2D eigenvalue weighted by Gasteiger charge is 2.30. The molecule has 1 atom stereocenters. The first-order valence-electron chi connectivity index (χ1n) is 6.03. The lowest BCUT2D eigenvalue weighted by Gasteiger charge is -2.18. The van der Waals surface area contributed by atoms with Gasteiger partial charge in [-0.15, -0.1) is 0 Å². The first-order chi connectivity index (χ1) is 8.84. The number of hydrogen-bond donors (Lipinski definition) is 2. The Kier molecular flexibility index (Phi) is 5.35. The van der Waals surface area contributed by atoms with Crippen molar-refractivity contribution < 1.29 is 18.0 Å². The predicted molar refractivity (Wildman–Crippen MR) is 66.3 cm³/mol. The first kappa shape index (κ1) is 15.5. The lowest BCUT2D eigenvalue weighted by Crippen LogP contribution is -2.27. The lowest BCUT2D eigenvalue weighted by molar-refractivity contribution is -0.137. The van der Waals surface area contributed by atoms with Crippen molar-refractivity contribution in [3.63, 3.8) is 0 Å². The fraction of sp³-hybridized carbons (Fsp3) is 0.462. The molecule has 0 saturated carbocycles. The summed E-state index contributed by atoms with van der Waals surface area (Å²) in [4.78, 5) is 11.0. The monoisotopic (exact) mass is 274 g/mol. The topological polar surface area (TPSA) is 55.1 Å². The van der Waals surface area contributed by atoms with E-state index < -0.39 is 17.6 Å². The Labute approximate surface area is 110 Å². The summed E-state index contributed by atoms with van der Waals surface area (Å²) in [5, 5.41) is 3.09. The number of carbonyl (C=O) groups is 1. The Bertz CT molecular complexity index is 415. The maximum absolute atomic E-state index is 12.4. The summed E-state index contributed by atoms with van der Waals surface area (Å²) in [7, 11) is 0. The van der Waals surface area contributed by atoms with Crippen LogP contribution in [0.15, 0.2) is 24.3 Å². The summed E-state index contributed by atoms with van der Waals surface area (Å²) < 4.78 is 37.3. The van der Waals surface area contributed by atoms with Gasteiger partial charge in [-0.2, -0.15) is 13.2 Å². The van der Waals surface area contributed by atoms with Crippen LogP contribution in [0.25, 0.3) is 0 Å². The van der Waals surface area contributed by atoms with Crippen molar-refractivity contribution in [1.82, 2.24) is 5.32 Å². The van der Waals surface area contributed by atoms with Crippen LogP contribution in [0, 0.1) is 0 Å². The van der Waals surface area contributed by atoms with Crippen LogP contribution in [0.3, 0.4) is 0 Å². The highest BCUT2D eigenvalue weighted by Crippen LogP contribution is 2.30. The molecule has 0 saturated heterocycles. The van der Waals surface area contributed by atoms with E-state index in [4.69, 9.17) is 5.73 Å². The minimum Gasteiger partial charge on any atom is -0.370 e. The summed E-state index contributed by atoms with van der Waals surface area (Å²) in [6.07, 6.45) is -3.43. The van der Waals surface area contributed by atoms with Gasteiger partial charge in [0.2, 0.25) is 5.91 Å². The molecule has 1 aromatic carbocycles. The Morgan fingerprint density at radius 2 is 1.89 bits per heavy atom. The Hall–Kier alpha value is -1.56. The maximum Gasteiger partial charge on any atom is 0.416 e. The molecule has 1 amide bonds. The van der Waals surface area contributed by atoms with Gasteiger partial charge in [0.1, 0.15) is 0 Å². The Morgan fingerprint density at radius 3 is 2.32 bits per heavy atom. The zero-order valence-corrected chi connectivity index (χ0v) is 10.6. The molecule has 0 aromatic heterocycles. The van der Waals surface area contributed by atoms with Crippen molar-refractivity contribution in [3.8, 4) is 0 Å². The third kappa shape index (κ3) is 4.90. The zero-order valence-electron chi connectivity index (χ0n) is 10.6. The van der Waals surface area contributed by atoms with Gasteiger partial charge in [-0.05, 0) is 30.7 Å². The van der Waals surface area contributed by atoms with Crippen molar-refractivity contribution in [2.45, 2.75) is 32.0 Å². The molecule has 106 valence electrons. The van der Waals surface area contributed by atoms with Crippen LogP contribution in [0.2, 0.25) is 0 Å². The van der Waals surface area contributed by atoms with Gasteiger partial charge in [-0.3, -0.25) is 4.79 Å². The van der Waals surface area contributed by atoms with E-state index in [1.54, 1.807) is 0 Å². The number of nitrogens with two attached hydrogens (primary N) is 1. The van der Waals surface area contributed by atoms with Crippen LogP contribution in [0.5, 0.6) is 0 Å². The summed E-state index contributed by atoms with van der Waals surface area (Å²) in [6, 6.07) is 4.42. The van der Waals surface area contributed by atoms with Crippen LogP contribution >= 0.6 is 0 Å². The number of halogens is 3. The summed E-state index contributed by atoms with van der Waals surface area (Å²) in [6.45, 7) is 2.63. The van der Waals surface area contributed by atoms with Gasteiger partial charge >= 0.3 is 6.18 Å². The van der Waals surface area contributed by atoms with Gasteiger partial charge in [-0.1, -0.05) is 19.1 Å². The number of benzene rings is 1. The predicted octanol–water partition coefficient (Wildman–Crippen LogP) is 2.62. The van der Waals surface area contributed by atoms with E-state index in [0.29, 0.717) is 12.1 Å². The van der Waals surface area contributed by atoms with Crippen molar-refractivity contribution in [2.24, 2.45) is 5.73 Å². The second-order valence-electron chi connectivity index (χ2n) is 4.30. The van der Waals surface area contributed by atoms with Crippen molar-refractivity contribution in [2.75, 3.05) is 6.54 Å². The van der Waals surface area contributed by atoms with Gasteiger partial charge in [0, 0.05) is 12.5 Å². The minimum absolute atomic E-state index is 0.0609. The lowest BCUT2D eigenvalue weighted by atomic mass is 10.0. The largest absolute Gasteiger partial charge is 0.416 e. The average molecular weight is 274 g/mol. The number of alkyl halides is 3. The van der Waals surface area contributed by atoms with Crippen molar-refractivity contribution in [1.29, 1.82) is 0 Å². The molecule has 1 rings (SSSR count). The summed E-state index contributed by atoms with van der Waals surface area (Å²) in [5.74, 6) is -0.492. The Balaban J connectivity index is 2.87. The van der Waals surface area contributed by atoms with Crippen molar-refractivity contribution in [3.05, 3.63) is 35.4 Å². The van der Waals surface area contributed by atoms with Gasteiger partial charge in [0.15, 0.2) is 0 Å². The van der Waals surface area contributed by atoms with Gasteiger partial charge in [-0.25, -0.2) is 0 Å². The maximum atomic E-state index is 12.4. The number of primary amides is 1. The second-order valence-corrected chi connectivity index (χ2v) is 4.30. The molecule has 1 aromatic rings. The number of carbonyl (C=O) groups excluding carboxylic acids is 1. The molecule has 0 spiro atoms. The van der Waals surface area contributed by atoms with Crippen LogP contribution in [-0.2, 0) is 11.0 Å². The van der Waals surface area contributed by atoms with E-state index in [9.17, 15) is 18.0 Å². The summed E-state index contributed by atoms with van der Waals surface area (Å²) in [5.41, 5.74) is 5.06. The molecular weight excluding hydrogens is 257 g/mol. The number of rotatable bonds is 6. The standard InChI is InChI=1S/C13H17F3N2O/c1-2-7-18-11(8-12(17)19)9-3-5-10(6-4-9)13(14,15)16/h3-6,11,18H,2,7-8H2,1H3,(H2,17,19). The fourth-order valence-electron chi connectivity index (χ4n) is 1.73. The molecule has 0 aliphatic carbocycles. The summed E-state index contributed by atoms with van der Waals surface area (Å²) >= 11 is 0. The third-order valence-corrected chi connectivity index (χ3v) is 2.69. The molecule has 0 radical (unpaired) electrons. The van der Waals surface area contributed by atoms with Crippen LogP contribution in [0.1, 0.15) is 36.9 Å². The first-order valence-corrected chi connectivity index (χ1v) is 6.03. The highest BCUT2D eigenvalue weighted by molar-refractivity contribution is 5.74. The van der Waals surface area contributed by atoms with E-state index in [2.05, 4.69) is 5.32 Å². The molecule has 0 aliphatic rings. The molecule has 0 aliphatic heterocycles. The fourth-order valence-corrected chi connectivity index (χ4v) is 1.73. The molecule has 0 fully saturated rings. The molecule has 6 heteroatoms. The van der Waals surface area contributed by atoms with Gasteiger partial charge < -0.3 is 11.1 Å². The van der Waals surface area contributed by atoms with Crippen molar-refractivity contribution >= 4 is 5.91 Å². The van der Waals surface area contributed by atoms with Crippen LogP contribution < -0.4 is 11.1 Å². The normalized spacial score (nSPS) is 13.3. The van der Waals surface area contributed by atoms with Crippen LogP contribution in [0.4, 0.5) is 13.2 Å². The van der Waals surface area contributed by atoms with Gasteiger partial charge in [0.25, 0.3) is 0 Å². The molecule has 19 heavy (non-hydrogen) atoms. The molecule has 0 bridgehead atoms. The quantitative estimate of drug-likeness (QED) is 0.837. The number of amides is 1. The smallest absolute Gasteiger partial charge is 0.370 e. The van der Waals surface area contributed by atoms with E-state index in [1.807, 2.05) is 6.92 Å². The van der Waals surface area contributed by atoms with Gasteiger partial charge in [0.05, 0.1) is 5.56 Å². The second kappa shape index (κ2) is 6.56.